The van der Waals surface area contributed by atoms with Crippen LogP contribution < -0.4 is 20.7 Å². The molecule has 6 heterocycles. The third-order valence-corrected chi connectivity index (χ3v) is 11.1. The predicted octanol–water partition coefficient (Wildman–Crippen LogP) is 5.75. The largest absolute Gasteiger partial charge is 0.463 e. The van der Waals surface area contributed by atoms with E-state index in [0.29, 0.717) is 49.0 Å². The summed E-state index contributed by atoms with van der Waals surface area (Å²) in [6.45, 7) is 5.32. The molecule has 3 N–H and O–H groups in total. The smallest absolute Gasteiger partial charge is 0.418 e. The monoisotopic (exact) mass is 675 g/mol. The maximum Gasteiger partial charge on any atom is 0.418 e. The molecule has 9 nitrogen and oxygen atoms in total. The highest BCUT2D eigenvalue weighted by molar-refractivity contribution is 6.34. The summed E-state index contributed by atoms with van der Waals surface area (Å²) in [5.41, 5.74) is 3.19. The molecule has 4 bridgehead atoms. The minimum absolute atomic E-state index is 0.00831. The lowest BCUT2D eigenvalue weighted by Gasteiger charge is -2.37. The van der Waals surface area contributed by atoms with Crippen LogP contribution in [0.3, 0.4) is 0 Å². The van der Waals surface area contributed by atoms with E-state index < -0.39 is 28.8 Å². The number of nitrogen functional groups attached to an aromatic ring is 1. The molecule has 5 aliphatic rings. The molecule has 4 aliphatic heterocycles. The fourth-order valence-electron chi connectivity index (χ4n) is 8.16. The van der Waals surface area contributed by atoms with Gasteiger partial charge in [0.05, 0.1) is 41.7 Å². The lowest BCUT2D eigenvalue weighted by molar-refractivity contribution is -0.137. The van der Waals surface area contributed by atoms with E-state index in [1.54, 1.807) is 0 Å². The van der Waals surface area contributed by atoms with Crippen molar-refractivity contribution in [2.75, 3.05) is 50.1 Å². The number of rotatable bonds is 7. The summed E-state index contributed by atoms with van der Waals surface area (Å²) < 4.78 is 71.8. The summed E-state index contributed by atoms with van der Waals surface area (Å²) in [5, 5.41) is 3.72. The van der Waals surface area contributed by atoms with E-state index in [1.807, 2.05) is 0 Å². The third-order valence-electron chi connectivity index (χ3n) is 10.8. The van der Waals surface area contributed by atoms with Crippen molar-refractivity contribution >= 4 is 34.1 Å². The van der Waals surface area contributed by atoms with Gasteiger partial charge in [0.1, 0.15) is 17.2 Å². The summed E-state index contributed by atoms with van der Waals surface area (Å²) in [4.78, 5) is 17.9. The average molecular weight is 676 g/mol. The topological polar surface area (TPSA) is 102 Å². The number of nitrogens with zero attached hydrogens (tertiary/aromatic N) is 5. The maximum atomic E-state index is 16.8. The zero-order valence-electron chi connectivity index (χ0n) is 26.2. The van der Waals surface area contributed by atoms with E-state index in [-0.39, 0.29) is 39.4 Å². The van der Waals surface area contributed by atoms with Gasteiger partial charge < -0.3 is 25.4 Å². The molecule has 0 amide bonds. The van der Waals surface area contributed by atoms with Crippen molar-refractivity contribution in [3.63, 3.8) is 0 Å². The van der Waals surface area contributed by atoms with Crippen LogP contribution in [0.2, 0.25) is 5.02 Å². The van der Waals surface area contributed by atoms with Crippen molar-refractivity contribution < 1.29 is 27.0 Å². The number of anilines is 2. The number of halogens is 5. The van der Waals surface area contributed by atoms with E-state index in [9.17, 15) is 13.2 Å². The van der Waals surface area contributed by atoms with Gasteiger partial charge in [-0.25, -0.2) is 9.37 Å². The highest BCUT2D eigenvalue weighted by Gasteiger charge is 2.49. The Balaban J connectivity index is 1.20. The quantitative estimate of drug-likeness (QED) is 0.304. The van der Waals surface area contributed by atoms with Crippen LogP contribution in [-0.2, 0) is 10.9 Å². The van der Waals surface area contributed by atoms with Gasteiger partial charge in [0.2, 0.25) is 0 Å². The number of morpholine rings is 1. The normalized spacial score (nSPS) is 27.0. The van der Waals surface area contributed by atoms with Crippen LogP contribution in [0.25, 0.3) is 22.2 Å². The van der Waals surface area contributed by atoms with Gasteiger partial charge in [-0.3, -0.25) is 4.90 Å². The molecular weight excluding hydrogens is 638 g/mol. The molecule has 1 aromatic carbocycles. The summed E-state index contributed by atoms with van der Waals surface area (Å²) in [6.07, 6.45) is 2.42. The first-order valence-electron chi connectivity index (χ1n) is 16.5. The number of hydrogen-bond donors (Lipinski definition) is 2. The molecule has 4 atom stereocenters. The lowest BCUT2D eigenvalue weighted by Crippen LogP contribution is -2.49. The molecule has 5 fully saturated rings. The van der Waals surface area contributed by atoms with Crippen molar-refractivity contribution in [2.45, 2.75) is 82.2 Å². The molecular formula is C33H38ClF4N7O2. The minimum atomic E-state index is -4.83. The Morgan fingerprint density at radius 2 is 1.81 bits per heavy atom. The molecule has 3 aromatic rings. The van der Waals surface area contributed by atoms with Crippen LogP contribution in [0.15, 0.2) is 12.1 Å². The first-order chi connectivity index (χ1) is 22.5. The highest BCUT2D eigenvalue weighted by Crippen LogP contribution is 2.49. The van der Waals surface area contributed by atoms with Crippen molar-refractivity contribution in [1.29, 1.82) is 0 Å². The third kappa shape index (κ3) is 5.76. The van der Waals surface area contributed by atoms with Gasteiger partial charge in [0.25, 0.3) is 0 Å². The molecule has 252 valence electrons. The first-order valence-corrected chi connectivity index (χ1v) is 16.9. The molecule has 1 aliphatic carbocycles. The maximum absolute atomic E-state index is 16.8. The van der Waals surface area contributed by atoms with Crippen LogP contribution in [0, 0.1) is 18.2 Å². The fraction of sp³-hybridized carbons (Fsp3) is 0.606. The van der Waals surface area contributed by atoms with Crippen LogP contribution >= 0.6 is 11.6 Å². The number of nitrogens with one attached hydrogen (secondary N) is 1. The van der Waals surface area contributed by atoms with Gasteiger partial charge in [-0.05, 0) is 69.6 Å². The fourth-order valence-corrected chi connectivity index (χ4v) is 8.44. The minimum Gasteiger partial charge on any atom is -0.463 e. The van der Waals surface area contributed by atoms with Crippen LogP contribution in [0.1, 0.15) is 56.1 Å². The van der Waals surface area contributed by atoms with E-state index in [0.717, 1.165) is 70.8 Å². The van der Waals surface area contributed by atoms with E-state index in [1.165, 1.54) is 13.0 Å². The lowest BCUT2D eigenvalue weighted by atomic mass is 9.99. The second kappa shape index (κ2) is 11.6. The molecule has 0 radical (unpaired) electrons. The second-order valence-corrected chi connectivity index (χ2v) is 14.5. The summed E-state index contributed by atoms with van der Waals surface area (Å²) in [7, 11) is 0. The van der Waals surface area contributed by atoms with E-state index in [4.69, 9.17) is 31.8 Å². The Morgan fingerprint density at radius 1 is 1.06 bits per heavy atom. The number of hydrogen-bond acceptors (Lipinski definition) is 9. The average Bonchev–Trinajstić information content (AvgIpc) is 3.63. The van der Waals surface area contributed by atoms with Crippen molar-refractivity contribution in [2.24, 2.45) is 5.41 Å². The number of ether oxygens (including phenoxy) is 2. The molecule has 8 rings (SSSR count). The van der Waals surface area contributed by atoms with Gasteiger partial charge in [-0.15, -0.1) is 0 Å². The van der Waals surface area contributed by atoms with Gasteiger partial charge in [0.15, 0.2) is 5.82 Å². The summed E-state index contributed by atoms with van der Waals surface area (Å²) in [5.74, 6) is -0.746. The van der Waals surface area contributed by atoms with Crippen LogP contribution in [-0.4, -0.2) is 83.5 Å². The Hall–Kier alpha value is -3.00. The van der Waals surface area contributed by atoms with Gasteiger partial charge in [-0.2, -0.15) is 23.1 Å². The van der Waals surface area contributed by atoms with Gasteiger partial charge in [0, 0.05) is 54.6 Å². The van der Waals surface area contributed by atoms with Crippen molar-refractivity contribution in [3.8, 4) is 17.3 Å². The van der Waals surface area contributed by atoms with Gasteiger partial charge in [-0.1, -0.05) is 11.6 Å². The zero-order chi connectivity index (χ0) is 32.7. The molecule has 1 saturated carbocycles. The molecule has 47 heavy (non-hydrogen) atoms. The zero-order valence-corrected chi connectivity index (χ0v) is 26.9. The molecule has 4 saturated heterocycles. The number of aryl methyl sites for hydroxylation is 1. The Kier molecular flexibility index (Phi) is 7.69. The van der Waals surface area contributed by atoms with Gasteiger partial charge >= 0.3 is 12.2 Å². The van der Waals surface area contributed by atoms with Crippen LogP contribution in [0.4, 0.5) is 29.2 Å². The van der Waals surface area contributed by atoms with Crippen molar-refractivity contribution in [1.82, 2.24) is 25.2 Å². The number of alkyl halides is 3. The Labute approximate surface area is 275 Å². The second-order valence-electron chi connectivity index (χ2n) is 14.1. The van der Waals surface area contributed by atoms with Crippen molar-refractivity contribution in [3.05, 3.63) is 34.1 Å². The van der Waals surface area contributed by atoms with E-state index in [2.05, 4.69) is 25.1 Å². The molecule has 2 unspecified atom stereocenters. The number of pyridine rings is 1. The number of nitrogens with two attached hydrogens (primary N) is 1. The SMILES string of the molecule is Cc1cc(N)nc(-c2c(Cl)cc3c(N4CC[C@H]5CC[C@@H](C4)N5)nc(OCC4(CN5C6CCC5COC6)CC4)nc3c2F)c1C(F)(F)F. The molecule has 14 heteroatoms. The standard InChI is InChI=1S/C33H38ClF4N7O2/c1-17-10-24(39)41-29(26(17)33(36,37)38)25-23(34)11-22-28(27(25)35)42-31(43-30(22)44-9-6-18-2-3-19(12-44)40-18)47-16-32(7-8-32)15-45-20-4-5-21(45)14-46-13-20/h10-11,18-21,40H,2-9,12-16H2,1H3,(H2,39,41)/t18-,19+,20?,21?/m1/s1. The number of fused-ring (bicyclic) bond motifs is 5. The van der Waals surface area contributed by atoms with Crippen LogP contribution in [0.5, 0.6) is 6.01 Å². The summed E-state index contributed by atoms with van der Waals surface area (Å²) >= 11 is 6.65. The highest BCUT2D eigenvalue weighted by atomic mass is 35.5. The molecule has 0 spiro atoms. The number of aromatic nitrogens is 3. The Morgan fingerprint density at radius 3 is 2.53 bits per heavy atom. The predicted molar refractivity (Wildman–Crippen MR) is 170 cm³/mol. The Bertz CT molecular complexity index is 1700. The van der Waals surface area contributed by atoms with E-state index >= 15 is 4.39 Å². The molecule has 2 aromatic heterocycles. The summed E-state index contributed by atoms with van der Waals surface area (Å²) in [6, 6.07) is 4.03. The number of benzene rings is 1. The first kappa shape index (κ1) is 31.3.